The summed E-state index contributed by atoms with van der Waals surface area (Å²) < 4.78 is 0. The molecule has 17 heavy (non-hydrogen) atoms. The van der Waals surface area contributed by atoms with Crippen LogP contribution in [0.25, 0.3) is 0 Å². The Bertz CT molecular complexity index is 243. The molecule has 1 rings (SSSR count). The lowest BCUT2D eigenvalue weighted by atomic mass is 10.0. The summed E-state index contributed by atoms with van der Waals surface area (Å²) in [4.78, 5) is 13.8. The Labute approximate surface area is 105 Å². The van der Waals surface area contributed by atoms with Crippen molar-refractivity contribution >= 4 is 5.91 Å². The second-order valence-corrected chi connectivity index (χ2v) is 5.35. The molecule has 0 aromatic rings. The SMILES string of the molecule is CCN1CCCC(NC(C(N)=O)C(C)C)CC1. The van der Waals surface area contributed by atoms with E-state index in [1.807, 2.05) is 13.8 Å². The van der Waals surface area contributed by atoms with Crippen LogP contribution in [0.2, 0.25) is 0 Å². The summed E-state index contributed by atoms with van der Waals surface area (Å²) in [6.45, 7) is 9.70. The molecule has 1 amide bonds. The van der Waals surface area contributed by atoms with Crippen LogP contribution >= 0.6 is 0 Å². The van der Waals surface area contributed by atoms with Gasteiger partial charge in [-0.15, -0.1) is 0 Å². The number of likely N-dealkylation sites (tertiary alicyclic amines) is 1. The third kappa shape index (κ3) is 4.64. The van der Waals surface area contributed by atoms with Gasteiger partial charge in [0.2, 0.25) is 5.91 Å². The Kier molecular flexibility index (Phi) is 5.92. The smallest absolute Gasteiger partial charge is 0.234 e. The van der Waals surface area contributed by atoms with E-state index in [-0.39, 0.29) is 17.9 Å². The lowest BCUT2D eigenvalue weighted by Gasteiger charge is -2.25. The van der Waals surface area contributed by atoms with Gasteiger partial charge in [-0.25, -0.2) is 0 Å². The number of nitrogens with one attached hydrogen (secondary N) is 1. The summed E-state index contributed by atoms with van der Waals surface area (Å²) in [6.07, 6.45) is 3.46. The number of carbonyl (C=O) groups is 1. The largest absolute Gasteiger partial charge is 0.368 e. The molecule has 4 heteroatoms. The molecular weight excluding hydrogens is 214 g/mol. The molecule has 0 saturated carbocycles. The number of rotatable bonds is 5. The third-order valence-electron chi connectivity index (χ3n) is 3.66. The van der Waals surface area contributed by atoms with E-state index < -0.39 is 0 Å². The lowest BCUT2D eigenvalue weighted by molar-refractivity contribution is -0.121. The van der Waals surface area contributed by atoms with Crippen LogP contribution in [-0.4, -0.2) is 42.5 Å². The third-order valence-corrected chi connectivity index (χ3v) is 3.66. The fourth-order valence-corrected chi connectivity index (χ4v) is 2.50. The number of carbonyl (C=O) groups excluding carboxylic acids is 1. The molecule has 0 aromatic carbocycles. The second kappa shape index (κ2) is 6.97. The van der Waals surface area contributed by atoms with E-state index in [0.717, 1.165) is 25.9 Å². The monoisotopic (exact) mass is 241 g/mol. The summed E-state index contributed by atoms with van der Waals surface area (Å²) in [7, 11) is 0. The van der Waals surface area contributed by atoms with Crippen molar-refractivity contribution in [2.75, 3.05) is 19.6 Å². The second-order valence-electron chi connectivity index (χ2n) is 5.35. The summed E-state index contributed by atoms with van der Waals surface area (Å²) in [5.41, 5.74) is 5.44. The Morgan fingerprint density at radius 3 is 2.65 bits per heavy atom. The molecule has 0 bridgehead atoms. The topological polar surface area (TPSA) is 58.4 Å². The van der Waals surface area contributed by atoms with Gasteiger partial charge in [-0.2, -0.15) is 0 Å². The molecular formula is C13H27N3O. The summed E-state index contributed by atoms with van der Waals surface area (Å²) in [6, 6.07) is 0.250. The lowest BCUT2D eigenvalue weighted by Crippen LogP contribution is -2.49. The zero-order valence-corrected chi connectivity index (χ0v) is 11.4. The number of hydrogen-bond acceptors (Lipinski definition) is 3. The van der Waals surface area contributed by atoms with E-state index in [1.165, 1.54) is 13.0 Å². The first-order valence-corrected chi connectivity index (χ1v) is 6.82. The van der Waals surface area contributed by atoms with Crippen LogP contribution in [0.4, 0.5) is 0 Å². The van der Waals surface area contributed by atoms with Crippen molar-refractivity contribution in [2.45, 2.75) is 52.1 Å². The van der Waals surface area contributed by atoms with Crippen molar-refractivity contribution < 1.29 is 4.79 Å². The average Bonchev–Trinajstić information content (AvgIpc) is 2.49. The van der Waals surface area contributed by atoms with Crippen molar-refractivity contribution in [3.63, 3.8) is 0 Å². The minimum Gasteiger partial charge on any atom is -0.368 e. The Morgan fingerprint density at radius 1 is 1.41 bits per heavy atom. The zero-order chi connectivity index (χ0) is 12.8. The molecule has 3 N–H and O–H groups in total. The van der Waals surface area contributed by atoms with Crippen LogP contribution < -0.4 is 11.1 Å². The van der Waals surface area contributed by atoms with Crippen molar-refractivity contribution in [2.24, 2.45) is 11.7 Å². The molecule has 1 saturated heterocycles. The maximum absolute atomic E-state index is 11.4. The average molecular weight is 241 g/mol. The molecule has 0 spiro atoms. The molecule has 2 atom stereocenters. The first-order valence-electron chi connectivity index (χ1n) is 6.82. The van der Waals surface area contributed by atoms with Gasteiger partial charge >= 0.3 is 0 Å². The quantitative estimate of drug-likeness (QED) is 0.754. The zero-order valence-electron chi connectivity index (χ0n) is 11.4. The van der Waals surface area contributed by atoms with E-state index in [2.05, 4.69) is 17.1 Å². The molecule has 1 aliphatic rings. The van der Waals surface area contributed by atoms with Crippen LogP contribution in [0.15, 0.2) is 0 Å². The fraction of sp³-hybridized carbons (Fsp3) is 0.923. The number of hydrogen-bond donors (Lipinski definition) is 2. The number of nitrogens with zero attached hydrogens (tertiary/aromatic N) is 1. The molecule has 0 aromatic heterocycles. The van der Waals surface area contributed by atoms with Gasteiger partial charge in [0.25, 0.3) is 0 Å². The predicted octanol–water partition coefficient (Wildman–Crippen LogP) is 0.960. The van der Waals surface area contributed by atoms with Gasteiger partial charge in [-0.1, -0.05) is 20.8 Å². The van der Waals surface area contributed by atoms with Gasteiger partial charge in [-0.05, 0) is 44.8 Å². The maximum Gasteiger partial charge on any atom is 0.234 e. The number of nitrogens with two attached hydrogens (primary N) is 1. The fourth-order valence-electron chi connectivity index (χ4n) is 2.50. The maximum atomic E-state index is 11.4. The van der Waals surface area contributed by atoms with E-state index >= 15 is 0 Å². The molecule has 100 valence electrons. The van der Waals surface area contributed by atoms with Crippen molar-refractivity contribution in [3.8, 4) is 0 Å². The first kappa shape index (κ1) is 14.5. The van der Waals surface area contributed by atoms with Crippen molar-refractivity contribution in [3.05, 3.63) is 0 Å². The van der Waals surface area contributed by atoms with Crippen molar-refractivity contribution in [1.29, 1.82) is 0 Å². The van der Waals surface area contributed by atoms with E-state index in [4.69, 9.17) is 5.73 Å². The van der Waals surface area contributed by atoms with Crippen LogP contribution in [0.5, 0.6) is 0 Å². The molecule has 4 nitrogen and oxygen atoms in total. The van der Waals surface area contributed by atoms with Gasteiger partial charge in [0.1, 0.15) is 0 Å². The highest BCUT2D eigenvalue weighted by molar-refractivity contribution is 5.80. The van der Waals surface area contributed by atoms with E-state index in [1.54, 1.807) is 0 Å². The summed E-state index contributed by atoms with van der Waals surface area (Å²) >= 11 is 0. The molecule has 1 aliphatic heterocycles. The normalized spacial score (nSPS) is 24.6. The molecule has 0 aliphatic carbocycles. The summed E-state index contributed by atoms with van der Waals surface area (Å²) in [5, 5.41) is 3.44. The summed E-state index contributed by atoms with van der Waals surface area (Å²) in [5.74, 6) is 0.0367. The van der Waals surface area contributed by atoms with Gasteiger partial charge in [0, 0.05) is 6.04 Å². The van der Waals surface area contributed by atoms with Crippen LogP contribution in [0, 0.1) is 5.92 Å². The van der Waals surface area contributed by atoms with Gasteiger partial charge < -0.3 is 16.0 Å². The standard InChI is InChI=1S/C13H27N3O/c1-4-16-8-5-6-11(7-9-16)15-12(10(2)3)13(14)17/h10-12,15H,4-9H2,1-3H3,(H2,14,17). The predicted molar refractivity (Wildman–Crippen MR) is 70.7 cm³/mol. The van der Waals surface area contributed by atoms with E-state index in [0.29, 0.717) is 6.04 Å². The van der Waals surface area contributed by atoms with Gasteiger partial charge in [0.15, 0.2) is 0 Å². The number of primary amides is 1. The molecule has 0 radical (unpaired) electrons. The van der Waals surface area contributed by atoms with Gasteiger partial charge in [0.05, 0.1) is 6.04 Å². The Morgan fingerprint density at radius 2 is 2.12 bits per heavy atom. The van der Waals surface area contributed by atoms with Crippen LogP contribution in [0.3, 0.4) is 0 Å². The highest BCUT2D eigenvalue weighted by atomic mass is 16.1. The first-order chi connectivity index (χ1) is 8.04. The minimum absolute atomic E-state index is 0.187. The molecule has 2 unspecified atom stereocenters. The van der Waals surface area contributed by atoms with Crippen LogP contribution in [-0.2, 0) is 4.79 Å². The van der Waals surface area contributed by atoms with Gasteiger partial charge in [-0.3, -0.25) is 4.79 Å². The number of amides is 1. The van der Waals surface area contributed by atoms with Crippen molar-refractivity contribution in [1.82, 2.24) is 10.2 Å². The Hall–Kier alpha value is -0.610. The molecule has 1 heterocycles. The molecule has 1 fully saturated rings. The van der Waals surface area contributed by atoms with E-state index in [9.17, 15) is 4.79 Å². The van der Waals surface area contributed by atoms with Crippen LogP contribution in [0.1, 0.15) is 40.0 Å². The highest BCUT2D eigenvalue weighted by Gasteiger charge is 2.24. The minimum atomic E-state index is -0.225. The highest BCUT2D eigenvalue weighted by Crippen LogP contribution is 2.13. The Balaban J connectivity index is 2.47.